The molecule has 0 spiro atoms. The molecule has 0 aliphatic carbocycles. The Balaban J connectivity index is 1.89. The number of rotatable bonds is 7. The Morgan fingerprint density at radius 1 is 1.24 bits per heavy atom. The summed E-state index contributed by atoms with van der Waals surface area (Å²) in [6.07, 6.45) is 4.10. The quantitative estimate of drug-likeness (QED) is 0.384. The van der Waals surface area contributed by atoms with Crippen molar-refractivity contribution < 1.29 is 27.8 Å². The molecule has 2 N–H and O–H groups in total. The summed E-state index contributed by atoms with van der Waals surface area (Å²) in [6, 6.07) is 0.941. The Hall–Kier alpha value is -4.17. The molecular weight excluding hydrogens is 484 g/mol. The van der Waals surface area contributed by atoms with Crippen LogP contribution in [0.3, 0.4) is 0 Å². The van der Waals surface area contributed by atoms with Gasteiger partial charge in [0.1, 0.15) is 17.1 Å². The predicted octanol–water partition coefficient (Wildman–Crippen LogP) is 2.86. The highest BCUT2D eigenvalue weighted by atomic mass is 19.1. The van der Waals surface area contributed by atoms with E-state index in [1.54, 1.807) is 22.9 Å². The van der Waals surface area contributed by atoms with Gasteiger partial charge in [0.15, 0.2) is 23.1 Å². The number of nitrogens with zero attached hydrogens (tertiary/aromatic N) is 4. The van der Waals surface area contributed by atoms with Crippen molar-refractivity contribution in [3.05, 3.63) is 53.4 Å². The average Bonchev–Trinajstić information content (AvgIpc) is 3.54. The number of halogens is 2. The van der Waals surface area contributed by atoms with Crippen LogP contribution in [0.2, 0.25) is 0 Å². The lowest BCUT2D eigenvalue weighted by Gasteiger charge is -2.16. The van der Waals surface area contributed by atoms with Crippen molar-refractivity contribution in [2.24, 2.45) is 0 Å². The van der Waals surface area contributed by atoms with E-state index in [0.717, 1.165) is 11.6 Å². The minimum absolute atomic E-state index is 0.169. The van der Waals surface area contributed by atoms with E-state index in [2.05, 4.69) is 23.4 Å². The molecule has 1 aliphatic heterocycles. The summed E-state index contributed by atoms with van der Waals surface area (Å²) in [6.45, 7) is 4.94. The number of anilines is 1. The number of hydrogen-bond donors (Lipinski definition) is 1. The van der Waals surface area contributed by atoms with Crippen LogP contribution in [-0.4, -0.2) is 66.6 Å². The Morgan fingerprint density at radius 2 is 1.95 bits per heavy atom. The van der Waals surface area contributed by atoms with Crippen molar-refractivity contribution in [2.75, 3.05) is 46.8 Å². The van der Waals surface area contributed by atoms with Crippen LogP contribution in [0.5, 0.6) is 11.5 Å². The van der Waals surface area contributed by atoms with E-state index in [9.17, 15) is 13.6 Å². The van der Waals surface area contributed by atoms with Crippen LogP contribution in [0, 0.1) is 23.5 Å². The maximum Gasteiger partial charge on any atom is 0.246 e. The molecule has 3 aromatic rings. The zero-order chi connectivity index (χ0) is 26.7. The van der Waals surface area contributed by atoms with Crippen molar-refractivity contribution in [1.29, 1.82) is 0 Å². The number of fused-ring (bicyclic) bond motifs is 1. The molecule has 0 saturated carbocycles. The highest BCUT2D eigenvalue weighted by Gasteiger charge is 2.30. The van der Waals surface area contributed by atoms with E-state index >= 15 is 0 Å². The van der Waals surface area contributed by atoms with Gasteiger partial charge in [0, 0.05) is 32.5 Å². The number of carbonyl (C=O) groups is 1. The molecule has 1 atom stereocenters. The standard InChI is InChI=1S/C26H27F2N5O4/c1-5-21(34)32-10-8-16(14-32)33-25-15(9-11-35-2)13-30-26(29)22(25)18(31-33)7-6-17-23(27)19(36-3)12-20(37-4)24(17)28/h5,12-13,16H,1,8-11,14H2,2-4H3,(H2,29,30). The van der Waals surface area contributed by atoms with Gasteiger partial charge in [0.2, 0.25) is 5.91 Å². The number of nitrogen functional groups attached to an aromatic ring is 1. The van der Waals surface area contributed by atoms with Gasteiger partial charge in [0.25, 0.3) is 0 Å². The highest BCUT2D eigenvalue weighted by molar-refractivity contribution is 5.95. The van der Waals surface area contributed by atoms with Gasteiger partial charge < -0.3 is 24.8 Å². The fraction of sp³-hybridized carbons (Fsp3) is 0.346. The molecule has 3 heterocycles. The number of hydrogen-bond acceptors (Lipinski definition) is 7. The second kappa shape index (κ2) is 10.8. The van der Waals surface area contributed by atoms with Gasteiger partial charge >= 0.3 is 0 Å². The van der Waals surface area contributed by atoms with Crippen molar-refractivity contribution in [2.45, 2.75) is 18.9 Å². The second-order valence-electron chi connectivity index (χ2n) is 8.39. The second-order valence-corrected chi connectivity index (χ2v) is 8.39. The fourth-order valence-corrected chi connectivity index (χ4v) is 4.39. The van der Waals surface area contributed by atoms with E-state index in [4.69, 9.17) is 25.0 Å². The summed E-state index contributed by atoms with van der Waals surface area (Å²) in [5.41, 5.74) is 7.44. The van der Waals surface area contributed by atoms with Gasteiger partial charge in [-0.15, -0.1) is 0 Å². The summed E-state index contributed by atoms with van der Waals surface area (Å²) in [7, 11) is 4.12. The molecule has 9 nitrogen and oxygen atoms in total. The minimum Gasteiger partial charge on any atom is -0.493 e. The Morgan fingerprint density at radius 3 is 2.57 bits per heavy atom. The Labute approximate surface area is 212 Å². The topological polar surface area (TPSA) is 105 Å². The lowest BCUT2D eigenvalue weighted by molar-refractivity contribution is -0.125. The third-order valence-electron chi connectivity index (χ3n) is 6.28. The fourth-order valence-electron chi connectivity index (χ4n) is 4.39. The van der Waals surface area contributed by atoms with Crippen LogP contribution in [0.1, 0.15) is 29.3 Å². The smallest absolute Gasteiger partial charge is 0.246 e. The molecule has 1 aliphatic rings. The number of carbonyl (C=O) groups excluding carboxylic acids is 1. The number of likely N-dealkylation sites (tertiary alicyclic amines) is 1. The van der Waals surface area contributed by atoms with Crippen LogP contribution < -0.4 is 15.2 Å². The van der Waals surface area contributed by atoms with Crippen molar-refractivity contribution in [3.63, 3.8) is 0 Å². The van der Waals surface area contributed by atoms with Crippen LogP contribution in [0.4, 0.5) is 14.6 Å². The third kappa shape index (κ3) is 4.80. The molecule has 194 valence electrons. The van der Waals surface area contributed by atoms with Crippen molar-refractivity contribution >= 4 is 22.6 Å². The monoisotopic (exact) mass is 511 g/mol. The van der Waals surface area contributed by atoms with Crippen LogP contribution in [-0.2, 0) is 16.0 Å². The molecule has 1 unspecified atom stereocenters. The number of amides is 1. The first-order valence-electron chi connectivity index (χ1n) is 11.5. The third-order valence-corrected chi connectivity index (χ3v) is 6.28. The maximum absolute atomic E-state index is 14.9. The zero-order valence-corrected chi connectivity index (χ0v) is 20.8. The number of benzene rings is 1. The first-order valence-corrected chi connectivity index (χ1v) is 11.5. The maximum atomic E-state index is 14.9. The summed E-state index contributed by atoms with van der Waals surface area (Å²) in [4.78, 5) is 18.1. The van der Waals surface area contributed by atoms with E-state index in [-0.39, 0.29) is 35.0 Å². The van der Waals surface area contributed by atoms with Gasteiger partial charge in [-0.25, -0.2) is 13.8 Å². The molecule has 0 bridgehead atoms. The Bertz CT molecular complexity index is 1400. The highest BCUT2D eigenvalue weighted by Crippen LogP contribution is 2.33. The lowest BCUT2D eigenvalue weighted by atomic mass is 10.1. The number of aromatic nitrogens is 3. The van der Waals surface area contributed by atoms with Gasteiger partial charge in [-0.1, -0.05) is 12.5 Å². The molecule has 11 heteroatoms. The number of pyridine rings is 1. The van der Waals surface area contributed by atoms with E-state index in [1.165, 1.54) is 20.3 Å². The SMILES string of the molecule is C=CC(=O)N1CCC(n2nc(C#Cc3c(F)c(OC)cc(OC)c3F)c3c(N)ncc(CCOC)c32)C1. The van der Waals surface area contributed by atoms with Crippen molar-refractivity contribution in [1.82, 2.24) is 19.7 Å². The predicted molar refractivity (Wildman–Crippen MR) is 133 cm³/mol. The Kier molecular flexibility index (Phi) is 7.59. The summed E-state index contributed by atoms with van der Waals surface area (Å²) in [5.74, 6) is 2.99. The summed E-state index contributed by atoms with van der Waals surface area (Å²) in [5, 5.41) is 5.15. The molecule has 0 radical (unpaired) electrons. The first kappa shape index (κ1) is 25.9. The molecule has 1 aromatic carbocycles. The minimum atomic E-state index is -0.960. The van der Waals surface area contributed by atoms with E-state index < -0.39 is 17.2 Å². The number of ether oxygens (including phenoxy) is 3. The molecular formula is C26H27F2N5O4. The molecule has 37 heavy (non-hydrogen) atoms. The molecule has 2 aromatic heterocycles. The molecule has 1 fully saturated rings. The van der Waals surface area contributed by atoms with Gasteiger partial charge in [-0.2, -0.15) is 5.10 Å². The van der Waals surface area contributed by atoms with Gasteiger partial charge in [0.05, 0.1) is 37.8 Å². The summed E-state index contributed by atoms with van der Waals surface area (Å²) < 4.78 is 46.8. The van der Waals surface area contributed by atoms with Gasteiger partial charge in [-0.3, -0.25) is 9.48 Å². The first-order chi connectivity index (χ1) is 17.8. The van der Waals surface area contributed by atoms with Crippen LogP contribution >= 0.6 is 0 Å². The lowest BCUT2D eigenvalue weighted by Crippen LogP contribution is -2.27. The van der Waals surface area contributed by atoms with Crippen molar-refractivity contribution in [3.8, 4) is 23.3 Å². The van der Waals surface area contributed by atoms with E-state index in [0.29, 0.717) is 43.4 Å². The molecule has 4 rings (SSSR count). The van der Waals surface area contributed by atoms with Gasteiger partial charge in [-0.05, 0) is 30.4 Å². The number of nitrogens with two attached hydrogens (primary N) is 1. The molecule has 1 saturated heterocycles. The van der Waals surface area contributed by atoms with E-state index in [1.807, 2.05) is 0 Å². The van der Waals surface area contributed by atoms with Crippen LogP contribution in [0.25, 0.3) is 10.9 Å². The van der Waals surface area contributed by atoms with Crippen LogP contribution in [0.15, 0.2) is 24.9 Å². The number of methoxy groups -OCH3 is 3. The summed E-state index contributed by atoms with van der Waals surface area (Å²) >= 11 is 0. The zero-order valence-electron chi connectivity index (χ0n) is 20.8. The average molecular weight is 512 g/mol. The molecule has 1 amide bonds. The largest absolute Gasteiger partial charge is 0.493 e. The normalized spacial score (nSPS) is 14.9.